The van der Waals surface area contributed by atoms with Gasteiger partial charge < -0.3 is 10.5 Å². The smallest absolute Gasteiger partial charge is 0.340 e. The number of aryl methyl sites for hydroxylation is 1. The molecular weight excluding hydrogens is 228 g/mol. The van der Waals surface area contributed by atoms with E-state index in [2.05, 4.69) is 6.07 Å². The predicted molar refractivity (Wildman–Crippen MR) is 67.8 cm³/mol. The Morgan fingerprint density at radius 2 is 2.28 bits per heavy atom. The largest absolute Gasteiger partial charge is 0.461 e. The minimum Gasteiger partial charge on any atom is -0.461 e. The second-order valence-corrected chi connectivity index (χ2v) is 4.95. The van der Waals surface area contributed by atoms with E-state index in [0.29, 0.717) is 24.3 Å². The Bertz CT molecular complexity index is 513. The molecule has 94 valence electrons. The molecule has 1 aromatic carbocycles. The van der Waals surface area contributed by atoms with Crippen molar-refractivity contribution in [3.63, 3.8) is 0 Å². The number of carbonyl (C=O) groups excluding carboxylic acids is 1. The first-order chi connectivity index (χ1) is 8.58. The average Bonchev–Trinajstić information content (AvgIpc) is 3.11. The number of nitrogens with two attached hydrogens (primary N) is 1. The predicted octanol–water partition coefficient (Wildman–Crippen LogP) is 2.43. The molecule has 2 N–H and O–H groups in total. The Balaban J connectivity index is 2.01. The third-order valence-corrected chi connectivity index (χ3v) is 3.46. The van der Waals surface area contributed by atoms with Gasteiger partial charge in [0.25, 0.3) is 0 Å². The molecule has 0 atom stereocenters. The number of ether oxygens (including phenoxy) is 1. The van der Waals surface area contributed by atoms with Crippen molar-refractivity contribution in [3.8, 4) is 6.07 Å². The summed E-state index contributed by atoms with van der Waals surface area (Å²) in [5, 5.41) is 8.69. The highest BCUT2D eigenvalue weighted by Gasteiger charge is 2.43. The number of rotatable bonds is 4. The van der Waals surface area contributed by atoms with Gasteiger partial charge in [0.15, 0.2) is 0 Å². The highest BCUT2D eigenvalue weighted by molar-refractivity contribution is 5.95. The Kier molecular flexibility index (Phi) is 3.24. The summed E-state index contributed by atoms with van der Waals surface area (Å²) in [4.78, 5) is 11.9. The highest BCUT2D eigenvalue weighted by Crippen LogP contribution is 2.48. The first-order valence-corrected chi connectivity index (χ1v) is 5.97. The van der Waals surface area contributed by atoms with Crippen molar-refractivity contribution in [2.24, 2.45) is 5.41 Å². The molecule has 1 aromatic rings. The summed E-state index contributed by atoms with van der Waals surface area (Å²) in [5.41, 5.74) is 7.48. The van der Waals surface area contributed by atoms with Crippen LogP contribution in [0.15, 0.2) is 18.2 Å². The number of para-hydroxylation sites is 1. The van der Waals surface area contributed by atoms with Crippen LogP contribution in [0.5, 0.6) is 0 Å². The molecule has 1 aliphatic rings. The number of esters is 1. The maximum atomic E-state index is 11.9. The molecular formula is C14H16N2O2. The molecule has 0 bridgehead atoms. The maximum Gasteiger partial charge on any atom is 0.340 e. The van der Waals surface area contributed by atoms with Gasteiger partial charge in [-0.3, -0.25) is 0 Å². The Morgan fingerprint density at radius 1 is 1.56 bits per heavy atom. The van der Waals surface area contributed by atoms with E-state index in [-0.39, 0.29) is 5.41 Å². The zero-order valence-electron chi connectivity index (χ0n) is 10.4. The van der Waals surface area contributed by atoms with Gasteiger partial charge in [-0.15, -0.1) is 0 Å². The van der Waals surface area contributed by atoms with E-state index in [1.165, 1.54) is 0 Å². The molecule has 0 spiro atoms. The summed E-state index contributed by atoms with van der Waals surface area (Å²) < 4.78 is 5.27. The third-order valence-electron chi connectivity index (χ3n) is 3.46. The summed E-state index contributed by atoms with van der Waals surface area (Å²) in [7, 11) is 0. The lowest BCUT2D eigenvalue weighted by Gasteiger charge is -2.13. The summed E-state index contributed by atoms with van der Waals surface area (Å²) >= 11 is 0. The number of hydrogen-bond donors (Lipinski definition) is 1. The lowest BCUT2D eigenvalue weighted by molar-refractivity contribution is 0.0420. The fourth-order valence-electron chi connectivity index (χ4n) is 1.87. The molecule has 4 heteroatoms. The zero-order valence-corrected chi connectivity index (χ0v) is 10.4. The van der Waals surface area contributed by atoms with Crippen molar-refractivity contribution in [3.05, 3.63) is 29.3 Å². The van der Waals surface area contributed by atoms with Crippen LogP contribution < -0.4 is 5.73 Å². The lowest BCUT2D eigenvalue weighted by Crippen LogP contribution is -2.16. The number of benzene rings is 1. The van der Waals surface area contributed by atoms with E-state index in [4.69, 9.17) is 15.7 Å². The Morgan fingerprint density at radius 3 is 2.89 bits per heavy atom. The normalized spacial score (nSPS) is 15.8. The van der Waals surface area contributed by atoms with Gasteiger partial charge in [-0.2, -0.15) is 5.26 Å². The number of nitrogens with zero attached hydrogens (tertiary/aromatic N) is 1. The molecule has 0 aromatic heterocycles. The third kappa shape index (κ3) is 2.45. The van der Waals surface area contributed by atoms with Crippen molar-refractivity contribution in [2.45, 2.75) is 26.2 Å². The number of hydrogen-bond acceptors (Lipinski definition) is 4. The second kappa shape index (κ2) is 4.69. The molecule has 0 radical (unpaired) electrons. The number of nitrogen functional groups attached to an aromatic ring is 1. The van der Waals surface area contributed by atoms with Crippen molar-refractivity contribution in [1.82, 2.24) is 0 Å². The van der Waals surface area contributed by atoms with Crippen LogP contribution in [0.4, 0.5) is 5.69 Å². The molecule has 0 unspecified atom stereocenters. The van der Waals surface area contributed by atoms with Gasteiger partial charge in [0.05, 0.1) is 18.2 Å². The van der Waals surface area contributed by atoms with Gasteiger partial charge in [0.1, 0.15) is 0 Å². The van der Waals surface area contributed by atoms with Crippen molar-refractivity contribution in [2.75, 3.05) is 12.3 Å². The van der Waals surface area contributed by atoms with Crippen LogP contribution in [0.2, 0.25) is 0 Å². The first kappa shape index (κ1) is 12.4. The van der Waals surface area contributed by atoms with Crippen LogP contribution in [0, 0.1) is 23.7 Å². The van der Waals surface area contributed by atoms with Crippen LogP contribution in [-0.4, -0.2) is 12.6 Å². The molecule has 4 nitrogen and oxygen atoms in total. The van der Waals surface area contributed by atoms with E-state index < -0.39 is 5.97 Å². The van der Waals surface area contributed by atoms with Crippen molar-refractivity contribution >= 4 is 11.7 Å². The van der Waals surface area contributed by atoms with E-state index in [9.17, 15) is 4.79 Å². The summed E-state index contributed by atoms with van der Waals surface area (Å²) in [6.07, 6.45) is 2.36. The monoisotopic (exact) mass is 244 g/mol. The molecule has 1 fully saturated rings. The Hall–Kier alpha value is -2.02. The SMILES string of the molecule is Cc1cccc(C(=O)OCC2(CC#N)CC2)c1N. The molecule has 1 saturated carbocycles. The quantitative estimate of drug-likeness (QED) is 0.652. The maximum absolute atomic E-state index is 11.9. The standard InChI is InChI=1S/C14H16N2O2/c1-10-3-2-4-11(12(10)16)13(17)18-9-14(5-6-14)7-8-15/h2-4H,5-7,9,16H2,1H3. The zero-order chi connectivity index (χ0) is 13.2. The molecule has 0 saturated heterocycles. The van der Waals surface area contributed by atoms with Crippen LogP contribution in [0.1, 0.15) is 35.2 Å². The van der Waals surface area contributed by atoms with Crippen LogP contribution in [0.3, 0.4) is 0 Å². The summed E-state index contributed by atoms with van der Waals surface area (Å²) in [6, 6.07) is 7.43. The average molecular weight is 244 g/mol. The molecule has 1 aliphatic carbocycles. The number of nitriles is 1. The van der Waals surface area contributed by atoms with Gasteiger partial charge in [-0.05, 0) is 31.4 Å². The minimum atomic E-state index is -0.402. The van der Waals surface area contributed by atoms with Crippen LogP contribution >= 0.6 is 0 Å². The van der Waals surface area contributed by atoms with E-state index in [1.54, 1.807) is 12.1 Å². The van der Waals surface area contributed by atoms with Gasteiger partial charge in [-0.25, -0.2) is 4.79 Å². The van der Waals surface area contributed by atoms with Crippen LogP contribution in [-0.2, 0) is 4.74 Å². The second-order valence-electron chi connectivity index (χ2n) is 4.95. The molecule has 0 aliphatic heterocycles. The molecule has 0 amide bonds. The fraction of sp³-hybridized carbons (Fsp3) is 0.429. The van der Waals surface area contributed by atoms with Gasteiger partial charge in [-0.1, -0.05) is 12.1 Å². The van der Waals surface area contributed by atoms with Crippen LogP contribution in [0.25, 0.3) is 0 Å². The van der Waals surface area contributed by atoms with Gasteiger partial charge in [0.2, 0.25) is 0 Å². The fourth-order valence-corrected chi connectivity index (χ4v) is 1.87. The van der Waals surface area contributed by atoms with Crippen molar-refractivity contribution < 1.29 is 9.53 Å². The number of carbonyl (C=O) groups is 1. The van der Waals surface area contributed by atoms with E-state index >= 15 is 0 Å². The molecule has 2 rings (SSSR count). The lowest BCUT2D eigenvalue weighted by atomic mass is 10.1. The first-order valence-electron chi connectivity index (χ1n) is 5.97. The summed E-state index contributed by atoms with van der Waals surface area (Å²) in [5.74, 6) is -0.402. The molecule has 0 heterocycles. The van der Waals surface area contributed by atoms with Gasteiger partial charge in [0, 0.05) is 17.5 Å². The van der Waals surface area contributed by atoms with Gasteiger partial charge >= 0.3 is 5.97 Å². The summed E-state index contributed by atoms with van der Waals surface area (Å²) in [6.45, 7) is 2.16. The number of anilines is 1. The minimum absolute atomic E-state index is 0.0942. The molecule has 18 heavy (non-hydrogen) atoms. The van der Waals surface area contributed by atoms with E-state index in [0.717, 1.165) is 18.4 Å². The Labute approximate surface area is 106 Å². The topological polar surface area (TPSA) is 76.1 Å². The van der Waals surface area contributed by atoms with E-state index in [1.807, 2.05) is 13.0 Å². The van der Waals surface area contributed by atoms with Crippen molar-refractivity contribution in [1.29, 1.82) is 5.26 Å². The highest BCUT2D eigenvalue weighted by atomic mass is 16.5.